The first kappa shape index (κ1) is 14.1. The second kappa shape index (κ2) is 6.28. The first-order valence-electron chi connectivity index (χ1n) is 8.25. The SMILES string of the molecule is CC1CNCCC12CCN(CCc1ccccc1)CC2. The van der Waals surface area contributed by atoms with Gasteiger partial charge in [-0.05, 0) is 68.8 Å². The summed E-state index contributed by atoms with van der Waals surface area (Å²) in [6.07, 6.45) is 5.40. The third-order valence-electron chi connectivity index (χ3n) is 5.71. The maximum absolute atomic E-state index is 3.55. The Morgan fingerprint density at radius 2 is 1.90 bits per heavy atom. The highest BCUT2D eigenvalue weighted by Gasteiger charge is 2.40. The third kappa shape index (κ3) is 3.07. The number of piperidine rings is 2. The average molecular weight is 272 g/mol. The predicted octanol–water partition coefficient (Wildman–Crippen LogP) is 2.94. The summed E-state index contributed by atoms with van der Waals surface area (Å²) in [6.45, 7) is 8.74. The molecule has 1 aromatic carbocycles. The van der Waals surface area contributed by atoms with E-state index in [2.05, 4.69) is 47.5 Å². The fourth-order valence-electron chi connectivity index (χ4n) is 4.02. The van der Waals surface area contributed by atoms with Gasteiger partial charge in [0.2, 0.25) is 0 Å². The van der Waals surface area contributed by atoms with E-state index in [0.29, 0.717) is 5.41 Å². The van der Waals surface area contributed by atoms with Crippen molar-refractivity contribution in [2.24, 2.45) is 11.3 Å². The first-order chi connectivity index (χ1) is 9.78. The van der Waals surface area contributed by atoms with E-state index in [1.54, 1.807) is 0 Å². The lowest BCUT2D eigenvalue weighted by Gasteiger charge is -2.48. The fraction of sp³-hybridized carbons (Fsp3) is 0.667. The zero-order chi connectivity index (χ0) is 13.8. The van der Waals surface area contributed by atoms with Crippen LogP contribution in [-0.4, -0.2) is 37.6 Å². The van der Waals surface area contributed by atoms with E-state index in [-0.39, 0.29) is 0 Å². The van der Waals surface area contributed by atoms with Crippen LogP contribution in [0.2, 0.25) is 0 Å². The Bertz CT molecular complexity index is 407. The molecule has 0 radical (unpaired) electrons. The molecule has 20 heavy (non-hydrogen) atoms. The van der Waals surface area contributed by atoms with E-state index in [0.717, 1.165) is 5.92 Å². The molecule has 1 N–H and O–H groups in total. The van der Waals surface area contributed by atoms with Crippen molar-refractivity contribution < 1.29 is 0 Å². The van der Waals surface area contributed by atoms with Crippen LogP contribution in [0.5, 0.6) is 0 Å². The van der Waals surface area contributed by atoms with Gasteiger partial charge in [0.25, 0.3) is 0 Å². The van der Waals surface area contributed by atoms with Gasteiger partial charge in [0, 0.05) is 6.54 Å². The van der Waals surface area contributed by atoms with E-state index in [9.17, 15) is 0 Å². The van der Waals surface area contributed by atoms with Gasteiger partial charge in [0.05, 0.1) is 0 Å². The summed E-state index contributed by atoms with van der Waals surface area (Å²) >= 11 is 0. The number of benzene rings is 1. The predicted molar refractivity (Wildman–Crippen MR) is 84.9 cm³/mol. The maximum Gasteiger partial charge on any atom is 0.00218 e. The van der Waals surface area contributed by atoms with Crippen LogP contribution in [0.4, 0.5) is 0 Å². The number of hydrogen-bond donors (Lipinski definition) is 1. The molecule has 0 saturated carbocycles. The second-order valence-corrected chi connectivity index (χ2v) is 6.79. The highest BCUT2D eigenvalue weighted by Crippen LogP contribution is 2.43. The Morgan fingerprint density at radius 3 is 2.60 bits per heavy atom. The zero-order valence-corrected chi connectivity index (χ0v) is 12.8. The maximum atomic E-state index is 3.55. The van der Waals surface area contributed by atoms with Crippen LogP contribution >= 0.6 is 0 Å². The zero-order valence-electron chi connectivity index (χ0n) is 12.8. The normalized spacial score (nSPS) is 26.8. The lowest BCUT2D eigenvalue weighted by molar-refractivity contribution is 0.0306. The molecule has 2 saturated heterocycles. The molecule has 2 aliphatic heterocycles. The van der Waals surface area contributed by atoms with Gasteiger partial charge in [-0.1, -0.05) is 37.3 Å². The van der Waals surface area contributed by atoms with Crippen LogP contribution in [0.25, 0.3) is 0 Å². The van der Waals surface area contributed by atoms with Gasteiger partial charge >= 0.3 is 0 Å². The van der Waals surface area contributed by atoms with Crippen molar-refractivity contribution >= 4 is 0 Å². The van der Waals surface area contributed by atoms with E-state index >= 15 is 0 Å². The number of hydrogen-bond acceptors (Lipinski definition) is 2. The van der Waals surface area contributed by atoms with Crippen LogP contribution in [0.3, 0.4) is 0 Å². The monoisotopic (exact) mass is 272 g/mol. The first-order valence-corrected chi connectivity index (χ1v) is 8.25. The Kier molecular flexibility index (Phi) is 4.42. The summed E-state index contributed by atoms with van der Waals surface area (Å²) < 4.78 is 0. The summed E-state index contributed by atoms with van der Waals surface area (Å²) in [7, 11) is 0. The van der Waals surface area contributed by atoms with E-state index in [4.69, 9.17) is 0 Å². The largest absolute Gasteiger partial charge is 0.316 e. The van der Waals surface area contributed by atoms with Crippen LogP contribution in [0.1, 0.15) is 31.7 Å². The van der Waals surface area contributed by atoms with Gasteiger partial charge < -0.3 is 10.2 Å². The number of likely N-dealkylation sites (tertiary alicyclic amines) is 1. The molecule has 1 atom stereocenters. The highest BCUT2D eigenvalue weighted by molar-refractivity contribution is 5.14. The Morgan fingerprint density at radius 1 is 1.15 bits per heavy atom. The van der Waals surface area contributed by atoms with Gasteiger partial charge in [-0.25, -0.2) is 0 Å². The van der Waals surface area contributed by atoms with E-state index < -0.39 is 0 Å². The smallest absolute Gasteiger partial charge is 0.00218 e. The molecule has 2 nitrogen and oxygen atoms in total. The molecule has 1 aromatic rings. The second-order valence-electron chi connectivity index (χ2n) is 6.79. The highest BCUT2D eigenvalue weighted by atomic mass is 15.1. The van der Waals surface area contributed by atoms with Crippen molar-refractivity contribution in [1.29, 1.82) is 0 Å². The molecule has 3 rings (SSSR count). The van der Waals surface area contributed by atoms with Crippen molar-refractivity contribution in [2.45, 2.75) is 32.6 Å². The summed E-state index contributed by atoms with van der Waals surface area (Å²) in [4.78, 5) is 2.67. The van der Waals surface area contributed by atoms with Crippen molar-refractivity contribution in [3.8, 4) is 0 Å². The molecule has 2 heterocycles. The quantitative estimate of drug-likeness (QED) is 0.910. The molecule has 1 spiro atoms. The molecule has 0 bridgehead atoms. The van der Waals surface area contributed by atoms with Crippen LogP contribution in [0.15, 0.2) is 30.3 Å². The molecule has 0 amide bonds. The minimum Gasteiger partial charge on any atom is -0.316 e. The number of nitrogens with zero attached hydrogens (tertiary/aromatic N) is 1. The average Bonchev–Trinajstić information content (AvgIpc) is 2.51. The minimum atomic E-state index is 0.647. The van der Waals surface area contributed by atoms with Crippen molar-refractivity contribution in [2.75, 3.05) is 32.7 Å². The molecule has 1 unspecified atom stereocenters. The molecule has 2 heteroatoms. The van der Waals surface area contributed by atoms with Gasteiger partial charge in [-0.3, -0.25) is 0 Å². The van der Waals surface area contributed by atoms with Gasteiger partial charge in [-0.15, -0.1) is 0 Å². The molecule has 0 aliphatic carbocycles. The summed E-state index contributed by atoms with van der Waals surface area (Å²) in [6, 6.07) is 10.9. The van der Waals surface area contributed by atoms with Crippen LogP contribution in [-0.2, 0) is 6.42 Å². The van der Waals surface area contributed by atoms with E-state index in [1.807, 2.05) is 0 Å². The molecule has 2 fully saturated rings. The summed E-state index contributed by atoms with van der Waals surface area (Å²) in [5.41, 5.74) is 2.12. The molecule has 110 valence electrons. The summed E-state index contributed by atoms with van der Waals surface area (Å²) in [5, 5.41) is 3.55. The number of rotatable bonds is 3. The Balaban J connectivity index is 1.49. The lowest BCUT2D eigenvalue weighted by Crippen LogP contribution is -2.50. The van der Waals surface area contributed by atoms with Crippen LogP contribution < -0.4 is 5.32 Å². The fourth-order valence-corrected chi connectivity index (χ4v) is 4.02. The van der Waals surface area contributed by atoms with Crippen LogP contribution in [0, 0.1) is 11.3 Å². The van der Waals surface area contributed by atoms with Gasteiger partial charge in [0.1, 0.15) is 0 Å². The number of nitrogens with one attached hydrogen (secondary N) is 1. The lowest BCUT2D eigenvalue weighted by atomic mass is 9.65. The Labute approximate surface area is 123 Å². The molecular weight excluding hydrogens is 244 g/mol. The Hall–Kier alpha value is -0.860. The molecule has 2 aliphatic rings. The standard InChI is InChI=1S/C18H28N2/c1-16-15-19-11-8-18(16)9-13-20(14-10-18)12-7-17-5-3-2-4-6-17/h2-6,16,19H,7-15H2,1H3. The third-order valence-corrected chi connectivity index (χ3v) is 5.71. The topological polar surface area (TPSA) is 15.3 Å². The summed E-state index contributed by atoms with van der Waals surface area (Å²) in [5.74, 6) is 0.854. The molecular formula is C18H28N2. The minimum absolute atomic E-state index is 0.647. The van der Waals surface area contributed by atoms with Gasteiger partial charge in [-0.2, -0.15) is 0 Å². The van der Waals surface area contributed by atoms with Crippen molar-refractivity contribution in [1.82, 2.24) is 10.2 Å². The van der Waals surface area contributed by atoms with E-state index in [1.165, 1.54) is 64.0 Å². The molecule has 0 aromatic heterocycles. The van der Waals surface area contributed by atoms with Crippen molar-refractivity contribution in [3.63, 3.8) is 0 Å². The van der Waals surface area contributed by atoms with Gasteiger partial charge in [0.15, 0.2) is 0 Å². The van der Waals surface area contributed by atoms with Crippen molar-refractivity contribution in [3.05, 3.63) is 35.9 Å².